The van der Waals surface area contributed by atoms with E-state index in [0.717, 1.165) is 18.6 Å². The molecule has 0 aliphatic rings. The van der Waals surface area contributed by atoms with Crippen molar-refractivity contribution in [2.24, 2.45) is 0 Å². The molecule has 0 aliphatic carbocycles. The van der Waals surface area contributed by atoms with Crippen LogP contribution >= 0.6 is 0 Å². The Morgan fingerprint density at radius 3 is 2.20 bits per heavy atom. The van der Waals surface area contributed by atoms with Gasteiger partial charge < -0.3 is 10.1 Å². The van der Waals surface area contributed by atoms with E-state index >= 15 is 0 Å². The number of hydrogen-bond acceptors (Lipinski definition) is 5. The summed E-state index contributed by atoms with van der Waals surface area (Å²) in [7, 11) is -3.48. The van der Waals surface area contributed by atoms with E-state index in [-0.39, 0.29) is 10.7 Å². The summed E-state index contributed by atoms with van der Waals surface area (Å²) in [6.45, 7) is 7.25. The number of anilines is 1. The normalized spacial score (nSPS) is 11.7. The SMILES string of the molecule is CCCCOc1ccc(C(=O)/C=C/Nc2ccc(S(=O)(=O)N(CC)CC)cc2)cc1. The lowest BCUT2D eigenvalue weighted by Crippen LogP contribution is -2.30. The summed E-state index contributed by atoms with van der Waals surface area (Å²) in [5, 5.41) is 2.99. The quantitative estimate of drug-likeness (QED) is 0.300. The van der Waals surface area contributed by atoms with Gasteiger partial charge in [-0.05, 0) is 55.0 Å². The van der Waals surface area contributed by atoms with E-state index in [1.807, 2.05) is 13.8 Å². The van der Waals surface area contributed by atoms with Gasteiger partial charge in [0.15, 0.2) is 5.78 Å². The molecule has 1 N–H and O–H groups in total. The zero-order valence-corrected chi connectivity index (χ0v) is 18.6. The Kier molecular flexibility index (Phi) is 9.08. The predicted molar refractivity (Wildman–Crippen MR) is 120 cm³/mol. The Morgan fingerprint density at radius 2 is 1.63 bits per heavy atom. The van der Waals surface area contributed by atoms with Gasteiger partial charge in [0.2, 0.25) is 10.0 Å². The number of nitrogens with one attached hydrogen (secondary N) is 1. The second-order valence-electron chi connectivity index (χ2n) is 6.68. The van der Waals surface area contributed by atoms with E-state index in [1.54, 1.807) is 54.7 Å². The summed E-state index contributed by atoms with van der Waals surface area (Å²) in [4.78, 5) is 12.5. The lowest BCUT2D eigenvalue weighted by atomic mass is 10.1. The van der Waals surface area contributed by atoms with Crippen LogP contribution in [0.3, 0.4) is 0 Å². The maximum absolute atomic E-state index is 12.5. The number of ketones is 1. The smallest absolute Gasteiger partial charge is 0.243 e. The van der Waals surface area contributed by atoms with Crippen molar-refractivity contribution in [3.63, 3.8) is 0 Å². The van der Waals surface area contributed by atoms with E-state index in [9.17, 15) is 13.2 Å². The molecule has 0 atom stereocenters. The Labute approximate surface area is 179 Å². The average Bonchev–Trinajstić information content (AvgIpc) is 2.75. The van der Waals surface area contributed by atoms with E-state index in [1.165, 1.54) is 10.4 Å². The van der Waals surface area contributed by atoms with Crippen LogP contribution in [0.25, 0.3) is 0 Å². The van der Waals surface area contributed by atoms with Gasteiger partial charge in [-0.25, -0.2) is 8.42 Å². The Bertz CT molecular complexity index is 932. The van der Waals surface area contributed by atoms with Gasteiger partial charge in [0, 0.05) is 36.6 Å². The third-order valence-electron chi connectivity index (χ3n) is 4.59. The van der Waals surface area contributed by atoms with E-state index in [2.05, 4.69) is 12.2 Å². The van der Waals surface area contributed by atoms with E-state index < -0.39 is 10.0 Å². The second-order valence-corrected chi connectivity index (χ2v) is 8.62. The molecule has 162 valence electrons. The first-order valence-corrected chi connectivity index (χ1v) is 11.7. The minimum Gasteiger partial charge on any atom is -0.494 e. The number of hydrogen-bond donors (Lipinski definition) is 1. The van der Waals surface area contributed by atoms with Crippen molar-refractivity contribution in [1.29, 1.82) is 0 Å². The summed E-state index contributed by atoms with van der Waals surface area (Å²) in [5.41, 5.74) is 1.26. The van der Waals surface area contributed by atoms with Gasteiger partial charge in [-0.3, -0.25) is 4.79 Å². The largest absolute Gasteiger partial charge is 0.494 e. The van der Waals surface area contributed by atoms with Gasteiger partial charge in [-0.1, -0.05) is 27.2 Å². The van der Waals surface area contributed by atoms with Crippen molar-refractivity contribution in [3.8, 4) is 5.75 Å². The topological polar surface area (TPSA) is 75.7 Å². The minimum absolute atomic E-state index is 0.136. The molecule has 30 heavy (non-hydrogen) atoms. The van der Waals surface area contributed by atoms with Crippen LogP contribution < -0.4 is 10.1 Å². The van der Waals surface area contributed by atoms with E-state index in [4.69, 9.17) is 4.74 Å². The van der Waals surface area contributed by atoms with Crippen LogP contribution in [0.1, 0.15) is 44.0 Å². The van der Waals surface area contributed by atoms with Crippen LogP contribution in [0.4, 0.5) is 5.69 Å². The third-order valence-corrected chi connectivity index (χ3v) is 6.65. The number of unbranched alkanes of at least 4 members (excludes halogenated alkanes) is 1. The molecule has 7 heteroatoms. The van der Waals surface area contributed by atoms with Crippen molar-refractivity contribution < 1.29 is 17.9 Å². The molecular weight excluding hydrogens is 400 g/mol. The Morgan fingerprint density at radius 1 is 1.00 bits per heavy atom. The first kappa shape index (κ1) is 23.6. The molecule has 2 aromatic rings. The maximum Gasteiger partial charge on any atom is 0.243 e. The molecule has 0 amide bonds. The highest BCUT2D eigenvalue weighted by Gasteiger charge is 2.20. The van der Waals surface area contributed by atoms with Crippen LogP contribution in [0.5, 0.6) is 5.75 Å². The highest BCUT2D eigenvalue weighted by Crippen LogP contribution is 2.18. The van der Waals surface area contributed by atoms with Crippen LogP contribution in [-0.4, -0.2) is 38.2 Å². The molecule has 2 aromatic carbocycles. The molecule has 0 aliphatic heterocycles. The molecule has 2 rings (SSSR count). The number of sulfonamides is 1. The summed E-state index contributed by atoms with van der Waals surface area (Å²) < 4.78 is 32.0. The van der Waals surface area contributed by atoms with Crippen molar-refractivity contribution in [3.05, 3.63) is 66.4 Å². The molecule has 0 bridgehead atoms. The fourth-order valence-electron chi connectivity index (χ4n) is 2.80. The van der Waals surface area contributed by atoms with Gasteiger partial charge >= 0.3 is 0 Å². The molecule has 0 spiro atoms. The Balaban J connectivity index is 1.94. The minimum atomic E-state index is -3.48. The number of benzene rings is 2. The molecule has 0 saturated heterocycles. The molecule has 0 heterocycles. The molecule has 0 aromatic heterocycles. The van der Waals surface area contributed by atoms with Crippen molar-refractivity contribution >= 4 is 21.5 Å². The highest BCUT2D eigenvalue weighted by atomic mass is 32.2. The van der Waals surface area contributed by atoms with Gasteiger partial charge in [-0.2, -0.15) is 4.31 Å². The molecule has 0 saturated carbocycles. The van der Waals surface area contributed by atoms with Gasteiger partial charge in [-0.15, -0.1) is 0 Å². The van der Waals surface area contributed by atoms with Gasteiger partial charge in [0.05, 0.1) is 11.5 Å². The number of carbonyl (C=O) groups is 1. The number of allylic oxidation sites excluding steroid dienone is 1. The molecular formula is C23H30N2O4S. The van der Waals surface area contributed by atoms with Gasteiger partial charge in [0.1, 0.15) is 5.75 Å². The Hall–Kier alpha value is -2.64. The van der Waals surface area contributed by atoms with E-state index in [0.29, 0.717) is 30.9 Å². The lowest BCUT2D eigenvalue weighted by molar-refractivity contribution is 0.104. The number of ether oxygens (including phenoxy) is 1. The van der Waals surface area contributed by atoms with Crippen LogP contribution in [0, 0.1) is 0 Å². The van der Waals surface area contributed by atoms with Crippen molar-refractivity contribution in [2.45, 2.75) is 38.5 Å². The molecule has 6 nitrogen and oxygen atoms in total. The second kappa shape index (κ2) is 11.5. The van der Waals surface area contributed by atoms with Crippen LogP contribution in [-0.2, 0) is 10.0 Å². The standard InChI is InChI=1S/C23H30N2O4S/c1-4-7-18-29-21-12-8-19(9-13-21)23(26)16-17-24-20-10-14-22(15-11-20)30(27,28)25(5-2)6-3/h8-17,24H,4-7,18H2,1-3H3/b17-16+. The van der Waals surface area contributed by atoms with Crippen LogP contribution in [0.15, 0.2) is 65.7 Å². The fourth-order valence-corrected chi connectivity index (χ4v) is 4.25. The first-order chi connectivity index (χ1) is 14.4. The van der Waals surface area contributed by atoms with Crippen molar-refractivity contribution in [2.75, 3.05) is 25.0 Å². The zero-order valence-electron chi connectivity index (χ0n) is 17.8. The third kappa shape index (κ3) is 6.43. The zero-order chi connectivity index (χ0) is 22.0. The molecule has 0 unspecified atom stereocenters. The van der Waals surface area contributed by atoms with Gasteiger partial charge in [0.25, 0.3) is 0 Å². The fraction of sp³-hybridized carbons (Fsp3) is 0.348. The molecule has 0 radical (unpaired) electrons. The van der Waals surface area contributed by atoms with Crippen molar-refractivity contribution in [1.82, 2.24) is 4.31 Å². The average molecular weight is 431 g/mol. The summed E-state index contributed by atoms with van der Waals surface area (Å²) in [5.74, 6) is 0.616. The maximum atomic E-state index is 12.5. The number of carbonyl (C=O) groups excluding carboxylic acids is 1. The monoisotopic (exact) mass is 430 g/mol. The first-order valence-electron chi connectivity index (χ1n) is 10.2. The summed E-state index contributed by atoms with van der Waals surface area (Å²) >= 11 is 0. The summed E-state index contributed by atoms with van der Waals surface area (Å²) in [6.07, 6.45) is 5.05. The highest BCUT2D eigenvalue weighted by molar-refractivity contribution is 7.89. The number of nitrogens with zero attached hydrogens (tertiary/aromatic N) is 1. The predicted octanol–water partition coefficient (Wildman–Crippen LogP) is 4.70. The molecule has 0 fully saturated rings. The van der Waals surface area contributed by atoms with Crippen LogP contribution in [0.2, 0.25) is 0 Å². The lowest BCUT2D eigenvalue weighted by Gasteiger charge is -2.18. The number of rotatable bonds is 12. The summed E-state index contributed by atoms with van der Waals surface area (Å²) in [6, 6.07) is 13.5.